The number of hydrogen-bond donors (Lipinski definition) is 3. The van der Waals surface area contributed by atoms with Crippen molar-refractivity contribution >= 4 is 32.7 Å². The van der Waals surface area contributed by atoms with Crippen LogP contribution in [0.3, 0.4) is 0 Å². The molecule has 1 aromatic heterocycles. The summed E-state index contributed by atoms with van der Waals surface area (Å²) in [5, 5.41) is 3.54. The van der Waals surface area contributed by atoms with Crippen molar-refractivity contribution in [3.05, 3.63) is 44.7 Å². The van der Waals surface area contributed by atoms with Gasteiger partial charge in [-0.05, 0) is 37.0 Å². The van der Waals surface area contributed by atoms with Gasteiger partial charge in [-0.25, -0.2) is 0 Å². The quantitative estimate of drug-likeness (QED) is 0.785. The van der Waals surface area contributed by atoms with Gasteiger partial charge in [0.15, 0.2) is 0 Å². The third-order valence-electron chi connectivity index (χ3n) is 3.78. The monoisotopic (exact) mass is 349 g/mol. The molecule has 1 aromatic carbocycles. The Kier molecular flexibility index (Phi) is 3.82. The number of halogens is 1. The normalized spacial score (nSPS) is 15.9. The number of nitrogens with one attached hydrogen (secondary N) is 2. The predicted molar refractivity (Wildman–Crippen MR) is 85.3 cm³/mol. The van der Waals surface area contributed by atoms with Gasteiger partial charge in [-0.2, -0.15) is 0 Å². The minimum atomic E-state index is -0.290. The number of H-pyrrole nitrogens is 1. The van der Waals surface area contributed by atoms with Crippen LogP contribution in [-0.2, 0) is 0 Å². The van der Waals surface area contributed by atoms with E-state index in [0.29, 0.717) is 28.9 Å². The smallest absolute Gasteiger partial charge is 0.252 e. The maximum absolute atomic E-state index is 12.3. The van der Waals surface area contributed by atoms with Gasteiger partial charge in [0.05, 0.1) is 5.56 Å². The van der Waals surface area contributed by atoms with Crippen LogP contribution in [0.5, 0.6) is 0 Å². The zero-order valence-electron chi connectivity index (χ0n) is 11.4. The van der Waals surface area contributed by atoms with Gasteiger partial charge in [0.1, 0.15) is 0 Å². The van der Waals surface area contributed by atoms with E-state index in [9.17, 15) is 9.59 Å². The molecule has 4 N–H and O–H groups in total. The zero-order chi connectivity index (χ0) is 15.0. The fourth-order valence-corrected chi connectivity index (χ4v) is 2.77. The summed E-state index contributed by atoms with van der Waals surface area (Å²) in [7, 11) is 0. The first kappa shape index (κ1) is 14.3. The van der Waals surface area contributed by atoms with Crippen LogP contribution in [-0.4, -0.2) is 23.5 Å². The number of rotatable bonds is 4. The number of pyridine rings is 1. The maximum Gasteiger partial charge on any atom is 0.252 e. The van der Waals surface area contributed by atoms with Gasteiger partial charge in [0, 0.05) is 34.0 Å². The Morgan fingerprint density at radius 3 is 2.90 bits per heavy atom. The number of aromatic nitrogens is 1. The first-order chi connectivity index (χ1) is 10.0. The maximum atomic E-state index is 12.3. The van der Waals surface area contributed by atoms with E-state index < -0.39 is 0 Å². The highest BCUT2D eigenvalue weighted by Crippen LogP contribution is 2.31. The summed E-state index contributed by atoms with van der Waals surface area (Å²) in [6.45, 7) is 0.436. The predicted octanol–water partition coefficient (Wildman–Crippen LogP) is 1.76. The Morgan fingerprint density at radius 1 is 1.43 bits per heavy atom. The van der Waals surface area contributed by atoms with Crippen molar-refractivity contribution in [3.63, 3.8) is 0 Å². The second kappa shape index (κ2) is 5.61. The Bertz CT molecular complexity index is 752. The molecule has 1 atom stereocenters. The van der Waals surface area contributed by atoms with Gasteiger partial charge in [0.25, 0.3) is 5.91 Å². The lowest BCUT2D eigenvalue weighted by atomic mass is 10.1. The molecule has 0 spiro atoms. The third kappa shape index (κ3) is 3.16. The zero-order valence-corrected chi connectivity index (χ0v) is 12.9. The Labute approximate surface area is 130 Å². The number of carbonyl (C=O) groups is 1. The van der Waals surface area contributed by atoms with E-state index in [1.165, 1.54) is 6.07 Å². The summed E-state index contributed by atoms with van der Waals surface area (Å²) >= 11 is 3.38. The van der Waals surface area contributed by atoms with Crippen LogP contribution >= 0.6 is 15.9 Å². The van der Waals surface area contributed by atoms with Crippen molar-refractivity contribution in [1.29, 1.82) is 0 Å². The molecule has 1 heterocycles. The Hall–Kier alpha value is -1.66. The van der Waals surface area contributed by atoms with Gasteiger partial charge >= 0.3 is 0 Å². The van der Waals surface area contributed by atoms with Crippen molar-refractivity contribution in [2.24, 2.45) is 11.7 Å². The third-order valence-corrected chi connectivity index (χ3v) is 4.27. The summed E-state index contributed by atoms with van der Waals surface area (Å²) in [5.41, 5.74) is 6.71. The molecular formula is C15H16BrN3O2. The number of nitrogens with two attached hydrogens (primary N) is 1. The lowest BCUT2D eigenvalue weighted by Crippen LogP contribution is -2.38. The van der Waals surface area contributed by atoms with Gasteiger partial charge < -0.3 is 16.0 Å². The topological polar surface area (TPSA) is 88.0 Å². The molecular weight excluding hydrogens is 334 g/mol. The highest BCUT2D eigenvalue weighted by molar-refractivity contribution is 9.10. The first-order valence-electron chi connectivity index (χ1n) is 6.91. The molecule has 110 valence electrons. The van der Waals surface area contributed by atoms with Crippen molar-refractivity contribution in [2.75, 3.05) is 6.54 Å². The highest BCUT2D eigenvalue weighted by Gasteiger charge is 2.28. The van der Waals surface area contributed by atoms with Crippen LogP contribution in [0.1, 0.15) is 23.2 Å². The summed E-state index contributed by atoms with van der Waals surface area (Å²) in [6.07, 6.45) is 2.27. The largest absolute Gasteiger partial charge is 0.350 e. The average Bonchev–Trinajstić information content (AvgIpc) is 3.28. The minimum Gasteiger partial charge on any atom is -0.350 e. The van der Waals surface area contributed by atoms with E-state index in [-0.39, 0.29) is 17.5 Å². The fourth-order valence-electron chi connectivity index (χ4n) is 2.41. The van der Waals surface area contributed by atoms with Crippen molar-refractivity contribution in [2.45, 2.75) is 18.9 Å². The standard InChI is InChI=1S/C15H16BrN3O2/c16-9-3-4-13-10(5-9)11(6-14(20)19-13)15(21)18-7-12(17)8-1-2-8/h3-6,8,12H,1-2,7,17H2,(H,18,21)(H,19,20). The van der Waals surface area contributed by atoms with Crippen molar-refractivity contribution in [3.8, 4) is 0 Å². The molecule has 2 aromatic rings. The Balaban J connectivity index is 1.89. The number of aromatic amines is 1. The van der Waals surface area contributed by atoms with Crippen molar-refractivity contribution in [1.82, 2.24) is 10.3 Å². The number of amides is 1. The van der Waals surface area contributed by atoms with Crippen LogP contribution in [0, 0.1) is 5.92 Å². The van der Waals surface area contributed by atoms with Crippen LogP contribution in [0.4, 0.5) is 0 Å². The molecule has 1 saturated carbocycles. The molecule has 0 bridgehead atoms. The van der Waals surface area contributed by atoms with Gasteiger partial charge in [0.2, 0.25) is 5.56 Å². The lowest BCUT2D eigenvalue weighted by Gasteiger charge is -2.12. The van der Waals surface area contributed by atoms with Crippen LogP contribution in [0.2, 0.25) is 0 Å². The molecule has 1 aliphatic carbocycles. The molecule has 6 heteroatoms. The van der Waals surface area contributed by atoms with Crippen molar-refractivity contribution < 1.29 is 4.79 Å². The highest BCUT2D eigenvalue weighted by atomic mass is 79.9. The number of carbonyl (C=O) groups excluding carboxylic acids is 1. The van der Waals surface area contributed by atoms with Crippen LogP contribution in [0.25, 0.3) is 10.9 Å². The van der Waals surface area contributed by atoms with Gasteiger partial charge in [-0.15, -0.1) is 0 Å². The average molecular weight is 350 g/mol. The second-order valence-corrected chi connectivity index (χ2v) is 6.36. The number of benzene rings is 1. The SMILES string of the molecule is NC(CNC(=O)c1cc(=O)[nH]c2ccc(Br)cc12)C1CC1. The van der Waals surface area contributed by atoms with E-state index in [2.05, 4.69) is 26.2 Å². The number of fused-ring (bicyclic) bond motifs is 1. The summed E-state index contributed by atoms with van der Waals surface area (Å²) in [4.78, 5) is 26.7. The van der Waals surface area contributed by atoms with Gasteiger partial charge in [-0.1, -0.05) is 15.9 Å². The summed E-state index contributed by atoms with van der Waals surface area (Å²) in [6, 6.07) is 6.73. The van der Waals surface area contributed by atoms with E-state index in [1.807, 2.05) is 12.1 Å². The van der Waals surface area contributed by atoms with E-state index in [0.717, 1.165) is 17.3 Å². The Morgan fingerprint density at radius 2 is 2.19 bits per heavy atom. The van der Waals surface area contributed by atoms with Crippen LogP contribution in [0.15, 0.2) is 33.5 Å². The van der Waals surface area contributed by atoms with Gasteiger partial charge in [-0.3, -0.25) is 9.59 Å². The molecule has 21 heavy (non-hydrogen) atoms. The molecule has 5 nitrogen and oxygen atoms in total. The molecule has 0 saturated heterocycles. The molecule has 1 unspecified atom stereocenters. The molecule has 0 radical (unpaired) electrons. The number of hydrogen-bond acceptors (Lipinski definition) is 3. The van der Waals surface area contributed by atoms with E-state index in [4.69, 9.17) is 5.73 Å². The lowest BCUT2D eigenvalue weighted by molar-refractivity contribution is 0.0952. The first-order valence-corrected chi connectivity index (χ1v) is 7.70. The summed E-state index contributed by atoms with van der Waals surface area (Å²) in [5.74, 6) is 0.260. The van der Waals surface area contributed by atoms with E-state index in [1.54, 1.807) is 6.07 Å². The molecule has 0 aliphatic heterocycles. The molecule has 1 amide bonds. The second-order valence-electron chi connectivity index (χ2n) is 5.45. The van der Waals surface area contributed by atoms with E-state index >= 15 is 0 Å². The molecule has 1 aliphatic rings. The molecule has 1 fully saturated rings. The van der Waals surface area contributed by atoms with Crippen LogP contribution < -0.4 is 16.6 Å². The summed E-state index contributed by atoms with van der Waals surface area (Å²) < 4.78 is 0.853. The molecule has 3 rings (SSSR count). The fraction of sp³-hybridized carbons (Fsp3) is 0.333. The minimum absolute atomic E-state index is 0.00560.